The second-order valence-corrected chi connectivity index (χ2v) is 9.08. The van der Waals surface area contributed by atoms with Gasteiger partial charge in [-0.15, -0.1) is 0 Å². The molecule has 0 radical (unpaired) electrons. The van der Waals surface area contributed by atoms with Crippen molar-refractivity contribution in [2.45, 2.75) is 43.9 Å². The second-order valence-electron chi connectivity index (χ2n) is 7.46. The molecule has 1 unspecified atom stereocenters. The fourth-order valence-corrected chi connectivity index (χ4v) is 5.05. The summed E-state index contributed by atoms with van der Waals surface area (Å²) in [7, 11) is -3.88. The van der Waals surface area contributed by atoms with Crippen LogP contribution in [0, 0.1) is 5.92 Å². The van der Waals surface area contributed by atoms with Crippen LogP contribution in [0.4, 0.5) is 10.3 Å². The van der Waals surface area contributed by atoms with Crippen LogP contribution < -0.4 is 11.3 Å². The summed E-state index contributed by atoms with van der Waals surface area (Å²) in [4.78, 5) is 22.3. The van der Waals surface area contributed by atoms with Gasteiger partial charge in [0.15, 0.2) is 23.1 Å². The van der Waals surface area contributed by atoms with E-state index in [1.807, 2.05) is 0 Å². The maximum atomic E-state index is 15.8. The lowest BCUT2D eigenvalue weighted by Crippen LogP contribution is -2.44. The molecule has 2 aromatic heterocycles. The first-order valence-electron chi connectivity index (χ1n) is 8.91. The van der Waals surface area contributed by atoms with E-state index in [0.717, 1.165) is 12.8 Å². The topological polar surface area (TPSA) is 144 Å². The lowest BCUT2D eigenvalue weighted by Gasteiger charge is -2.33. The monoisotopic (exact) mass is 415 g/mol. The molecule has 28 heavy (non-hydrogen) atoms. The Morgan fingerprint density at radius 3 is 3.07 bits per heavy atom. The van der Waals surface area contributed by atoms with Gasteiger partial charge in [0.05, 0.1) is 19.5 Å². The molecule has 1 aliphatic carbocycles. The maximum absolute atomic E-state index is 15.8. The Bertz CT molecular complexity index is 1040. The van der Waals surface area contributed by atoms with Crippen molar-refractivity contribution in [2.75, 3.05) is 18.9 Å². The van der Waals surface area contributed by atoms with E-state index in [4.69, 9.17) is 24.0 Å². The average molecular weight is 415 g/mol. The highest BCUT2D eigenvalue weighted by Gasteiger charge is 2.61. The normalized spacial score (nSPS) is 38.0. The van der Waals surface area contributed by atoms with E-state index in [1.165, 1.54) is 17.8 Å². The first kappa shape index (κ1) is 18.2. The number of aromatic nitrogens is 4. The number of hydrogen-bond donors (Lipinski definition) is 2. The molecule has 2 saturated heterocycles. The van der Waals surface area contributed by atoms with Crippen molar-refractivity contribution in [3.05, 3.63) is 16.7 Å². The summed E-state index contributed by atoms with van der Waals surface area (Å²) in [6.07, 6.45) is 0.00871. The number of H-pyrrole nitrogens is 1. The first-order chi connectivity index (χ1) is 13.3. The third-order valence-corrected chi connectivity index (χ3v) is 6.60. The van der Waals surface area contributed by atoms with Gasteiger partial charge in [-0.3, -0.25) is 27.9 Å². The van der Waals surface area contributed by atoms with Crippen LogP contribution in [0.5, 0.6) is 0 Å². The number of ether oxygens (including phenoxy) is 1. The minimum absolute atomic E-state index is 0.000853. The molecule has 0 amide bonds. The van der Waals surface area contributed by atoms with Crippen LogP contribution in [0.1, 0.15) is 26.0 Å². The number of aromatic amines is 1. The smallest absolute Gasteiger partial charge is 0.369 e. The second kappa shape index (κ2) is 6.07. The van der Waals surface area contributed by atoms with Gasteiger partial charge in [0.1, 0.15) is 12.2 Å². The van der Waals surface area contributed by atoms with E-state index in [9.17, 15) is 9.36 Å². The van der Waals surface area contributed by atoms with E-state index in [1.54, 1.807) is 0 Å². The van der Waals surface area contributed by atoms with Gasteiger partial charge < -0.3 is 10.5 Å². The largest absolute Gasteiger partial charge is 0.475 e. The minimum Gasteiger partial charge on any atom is -0.369 e. The molecule has 0 spiro atoms. The van der Waals surface area contributed by atoms with Crippen molar-refractivity contribution in [3.8, 4) is 0 Å². The molecular weight excluding hydrogens is 396 g/mol. The number of imidazole rings is 1. The van der Waals surface area contributed by atoms with Gasteiger partial charge in [-0.1, -0.05) is 0 Å². The number of nitrogens with two attached hydrogens (primary N) is 1. The molecule has 5 rings (SSSR count). The van der Waals surface area contributed by atoms with Crippen molar-refractivity contribution >= 4 is 24.9 Å². The predicted molar refractivity (Wildman–Crippen MR) is 93.1 cm³/mol. The molecule has 11 nitrogen and oxygen atoms in total. The number of nitrogens with zero attached hydrogens (tertiary/aromatic N) is 3. The highest BCUT2D eigenvalue weighted by atomic mass is 31.2. The first-order valence-corrected chi connectivity index (χ1v) is 10.4. The molecule has 4 heterocycles. The number of nitrogen functional groups attached to an aromatic ring is 1. The van der Waals surface area contributed by atoms with Crippen LogP contribution in [-0.4, -0.2) is 50.6 Å². The van der Waals surface area contributed by atoms with E-state index in [2.05, 4.69) is 15.0 Å². The lowest BCUT2D eigenvalue weighted by molar-refractivity contribution is -0.0709. The Balaban J connectivity index is 1.45. The molecule has 0 bridgehead atoms. The molecule has 2 aromatic rings. The molecule has 5 atom stereocenters. The number of phosphoric ester groups is 1. The van der Waals surface area contributed by atoms with Gasteiger partial charge >= 0.3 is 7.82 Å². The zero-order chi connectivity index (χ0) is 19.7. The number of alkyl halides is 1. The third-order valence-electron chi connectivity index (χ3n) is 5.19. The number of rotatable bonds is 4. The number of fused-ring (bicyclic) bond motifs is 2. The summed E-state index contributed by atoms with van der Waals surface area (Å²) in [6.45, 7) is 1.37. The zero-order valence-electron chi connectivity index (χ0n) is 14.9. The van der Waals surface area contributed by atoms with Gasteiger partial charge in [-0.05, 0) is 25.7 Å². The Hall–Kier alpha value is -1.85. The van der Waals surface area contributed by atoms with Crippen molar-refractivity contribution in [1.29, 1.82) is 0 Å². The van der Waals surface area contributed by atoms with Gasteiger partial charge in [0, 0.05) is 0 Å². The molecule has 3 fully saturated rings. The van der Waals surface area contributed by atoms with Crippen molar-refractivity contribution in [2.24, 2.45) is 5.92 Å². The maximum Gasteiger partial charge on any atom is 0.475 e. The van der Waals surface area contributed by atoms with Gasteiger partial charge in [-0.2, -0.15) is 4.98 Å². The van der Waals surface area contributed by atoms with Gasteiger partial charge in [0.25, 0.3) is 5.56 Å². The van der Waals surface area contributed by atoms with Crippen LogP contribution in [0.3, 0.4) is 0 Å². The molecule has 3 N–H and O–H groups in total. The van der Waals surface area contributed by atoms with Gasteiger partial charge in [0.2, 0.25) is 5.95 Å². The summed E-state index contributed by atoms with van der Waals surface area (Å²) in [5.41, 5.74) is 2.99. The quantitative estimate of drug-likeness (QED) is 0.706. The Kier molecular flexibility index (Phi) is 3.95. The summed E-state index contributed by atoms with van der Waals surface area (Å²) in [5, 5.41) is 0. The Morgan fingerprint density at radius 2 is 2.32 bits per heavy atom. The number of phosphoric acid groups is 1. The molecule has 2 aliphatic heterocycles. The van der Waals surface area contributed by atoms with Crippen LogP contribution in [0.25, 0.3) is 11.2 Å². The van der Waals surface area contributed by atoms with Crippen molar-refractivity contribution < 1.29 is 27.3 Å². The molecule has 13 heteroatoms. The molecule has 152 valence electrons. The van der Waals surface area contributed by atoms with E-state index in [0.29, 0.717) is 5.92 Å². The number of anilines is 1. The average Bonchev–Trinajstić information content (AvgIpc) is 3.32. The lowest BCUT2D eigenvalue weighted by atomic mass is 9.98. The molecular formula is C15H19FN5O6P. The number of hydrogen-bond acceptors (Lipinski definition) is 9. The number of nitrogens with one attached hydrogen (secondary N) is 1. The summed E-state index contributed by atoms with van der Waals surface area (Å²) < 4.78 is 51.5. The van der Waals surface area contributed by atoms with Crippen LogP contribution in [0.2, 0.25) is 0 Å². The minimum atomic E-state index is -3.88. The van der Waals surface area contributed by atoms with Crippen LogP contribution >= 0.6 is 7.82 Å². The number of halogens is 1. The van der Waals surface area contributed by atoms with Crippen LogP contribution in [0.15, 0.2) is 11.1 Å². The Labute approximate surface area is 157 Å². The standard InChI is InChI=1S/C15H19FN5O6P/c1-15(16)10-8(5-25-28(23,27-10)24-4-7-2-3-7)26-13(15)21-6-18-9-11(21)19-14(17)20-12(9)22/h6-8,10,13H,2-5H2,1H3,(H3,17,19,20,22)/t8-,10-,13-,15-,28?/m1/s1. The molecule has 0 aromatic carbocycles. The SMILES string of the molecule is C[C@@]1(F)[C@@H]2OP(=O)(OCC3CC3)OC[C@H]2O[C@H]1n1cnc2c(=O)[nH]c(N)nc21. The fourth-order valence-electron chi connectivity index (χ4n) is 3.51. The summed E-state index contributed by atoms with van der Waals surface area (Å²) in [5.74, 6) is 0.208. The van der Waals surface area contributed by atoms with E-state index >= 15 is 4.39 Å². The zero-order valence-corrected chi connectivity index (χ0v) is 15.8. The van der Waals surface area contributed by atoms with Crippen molar-refractivity contribution in [1.82, 2.24) is 19.5 Å². The highest BCUT2D eigenvalue weighted by molar-refractivity contribution is 7.48. The fraction of sp³-hybridized carbons (Fsp3) is 0.667. The van der Waals surface area contributed by atoms with E-state index in [-0.39, 0.29) is 30.3 Å². The third kappa shape index (κ3) is 2.87. The van der Waals surface area contributed by atoms with E-state index < -0.39 is 37.5 Å². The van der Waals surface area contributed by atoms with Crippen molar-refractivity contribution in [3.63, 3.8) is 0 Å². The highest BCUT2D eigenvalue weighted by Crippen LogP contribution is 2.60. The summed E-state index contributed by atoms with van der Waals surface area (Å²) >= 11 is 0. The Morgan fingerprint density at radius 1 is 1.54 bits per heavy atom. The predicted octanol–water partition coefficient (Wildman–Crippen LogP) is 1.28. The van der Waals surface area contributed by atoms with Gasteiger partial charge in [-0.25, -0.2) is 13.9 Å². The molecule has 1 saturated carbocycles. The van der Waals surface area contributed by atoms with Crippen LogP contribution in [-0.2, 0) is 22.9 Å². The molecule has 3 aliphatic rings. The summed E-state index contributed by atoms with van der Waals surface area (Å²) in [6, 6.07) is 0.